The molecule has 0 aromatic carbocycles. The molecule has 2 rings (SSSR count). The van der Waals surface area contributed by atoms with Crippen molar-refractivity contribution in [3.63, 3.8) is 0 Å². The van der Waals surface area contributed by atoms with Crippen molar-refractivity contribution in [3.8, 4) is 0 Å². The first-order valence-electron chi connectivity index (χ1n) is 5.68. The summed E-state index contributed by atoms with van der Waals surface area (Å²) in [5, 5.41) is 0. The molecule has 88 valence electrons. The molecule has 1 fully saturated rings. The Morgan fingerprint density at radius 2 is 2.12 bits per heavy atom. The van der Waals surface area contributed by atoms with E-state index in [0.717, 1.165) is 18.1 Å². The molecular formula is C12H18FN3. The van der Waals surface area contributed by atoms with Gasteiger partial charge in [0.15, 0.2) is 0 Å². The predicted molar refractivity (Wildman–Crippen MR) is 62.5 cm³/mol. The number of hydrogen-bond donors (Lipinski definition) is 0. The van der Waals surface area contributed by atoms with Gasteiger partial charge in [0.1, 0.15) is 12.0 Å². The molecule has 0 aliphatic carbocycles. The Bertz CT molecular complexity index is 373. The van der Waals surface area contributed by atoms with Gasteiger partial charge in [-0.25, -0.2) is 9.37 Å². The normalized spacial score (nSPS) is 21.5. The van der Waals surface area contributed by atoms with Crippen molar-refractivity contribution in [2.24, 2.45) is 0 Å². The van der Waals surface area contributed by atoms with Gasteiger partial charge in [0.25, 0.3) is 0 Å². The molecular weight excluding hydrogens is 205 g/mol. The first kappa shape index (κ1) is 11.3. The SMILES string of the molecule is CC(C)(C)c1cncc(N2CCC(F)C2)n1. The first-order valence-corrected chi connectivity index (χ1v) is 5.68. The third kappa shape index (κ3) is 2.31. The Morgan fingerprint density at radius 3 is 2.69 bits per heavy atom. The molecule has 16 heavy (non-hydrogen) atoms. The Morgan fingerprint density at radius 1 is 1.38 bits per heavy atom. The zero-order chi connectivity index (χ0) is 11.8. The largest absolute Gasteiger partial charge is 0.352 e. The number of rotatable bonds is 1. The molecule has 4 heteroatoms. The van der Waals surface area contributed by atoms with E-state index in [1.54, 1.807) is 12.4 Å². The molecule has 2 heterocycles. The number of nitrogens with zero attached hydrogens (tertiary/aromatic N) is 3. The van der Waals surface area contributed by atoms with E-state index in [1.807, 2.05) is 4.90 Å². The summed E-state index contributed by atoms with van der Waals surface area (Å²) in [6.07, 6.45) is 3.38. The van der Waals surface area contributed by atoms with Crippen LogP contribution in [0.5, 0.6) is 0 Å². The van der Waals surface area contributed by atoms with E-state index in [-0.39, 0.29) is 5.41 Å². The maximum Gasteiger partial charge on any atom is 0.147 e. The van der Waals surface area contributed by atoms with Crippen molar-refractivity contribution in [2.45, 2.75) is 38.8 Å². The highest BCUT2D eigenvalue weighted by Gasteiger charge is 2.24. The fraction of sp³-hybridized carbons (Fsp3) is 0.667. The van der Waals surface area contributed by atoms with Gasteiger partial charge in [-0.15, -0.1) is 0 Å². The molecule has 0 bridgehead atoms. The van der Waals surface area contributed by atoms with Gasteiger partial charge in [-0.05, 0) is 6.42 Å². The molecule has 1 aromatic heterocycles. The molecule has 0 saturated carbocycles. The monoisotopic (exact) mass is 223 g/mol. The van der Waals surface area contributed by atoms with Crippen LogP contribution < -0.4 is 4.90 Å². The van der Waals surface area contributed by atoms with E-state index >= 15 is 0 Å². The van der Waals surface area contributed by atoms with Crippen LogP contribution in [0.2, 0.25) is 0 Å². The quantitative estimate of drug-likeness (QED) is 0.731. The smallest absolute Gasteiger partial charge is 0.147 e. The third-order valence-corrected chi connectivity index (χ3v) is 2.84. The fourth-order valence-corrected chi connectivity index (χ4v) is 1.80. The number of hydrogen-bond acceptors (Lipinski definition) is 3. The van der Waals surface area contributed by atoms with Crippen molar-refractivity contribution in [2.75, 3.05) is 18.0 Å². The number of halogens is 1. The molecule has 1 aliphatic rings. The number of alkyl halides is 1. The van der Waals surface area contributed by atoms with E-state index in [2.05, 4.69) is 30.7 Å². The van der Waals surface area contributed by atoms with Crippen molar-refractivity contribution in [1.29, 1.82) is 0 Å². The van der Waals surface area contributed by atoms with Gasteiger partial charge in [0.05, 0.1) is 18.4 Å². The minimum atomic E-state index is -0.722. The number of aromatic nitrogens is 2. The first-order chi connectivity index (χ1) is 7.47. The summed E-state index contributed by atoms with van der Waals surface area (Å²) in [5.41, 5.74) is 0.935. The highest BCUT2D eigenvalue weighted by atomic mass is 19.1. The Hall–Kier alpha value is -1.19. The lowest BCUT2D eigenvalue weighted by atomic mass is 9.93. The van der Waals surface area contributed by atoms with Crippen LogP contribution in [0.3, 0.4) is 0 Å². The van der Waals surface area contributed by atoms with Crippen LogP contribution in [-0.4, -0.2) is 29.2 Å². The van der Waals surface area contributed by atoms with Crippen LogP contribution in [0.1, 0.15) is 32.9 Å². The van der Waals surface area contributed by atoms with Gasteiger partial charge in [-0.2, -0.15) is 0 Å². The summed E-state index contributed by atoms with van der Waals surface area (Å²) in [6, 6.07) is 0. The lowest BCUT2D eigenvalue weighted by Crippen LogP contribution is -2.23. The molecule has 1 unspecified atom stereocenters. The Kier molecular flexibility index (Phi) is 2.82. The van der Waals surface area contributed by atoms with Crippen molar-refractivity contribution in [1.82, 2.24) is 9.97 Å². The van der Waals surface area contributed by atoms with Crippen LogP contribution in [0, 0.1) is 0 Å². The molecule has 0 radical (unpaired) electrons. The highest BCUT2D eigenvalue weighted by Crippen LogP contribution is 2.24. The van der Waals surface area contributed by atoms with E-state index in [4.69, 9.17) is 0 Å². The highest BCUT2D eigenvalue weighted by molar-refractivity contribution is 5.38. The molecule has 1 aromatic rings. The van der Waals surface area contributed by atoms with E-state index in [1.165, 1.54) is 0 Å². The van der Waals surface area contributed by atoms with Crippen LogP contribution in [0.15, 0.2) is 12.4 Å². The molecule has 0 amide bonds. The lowest BCUT2D eigenvalue weighted by molar-refractivity contribution is 0.364. The van der Waals surface area contributed by atoms with Crippen molar-refractivity contribution >= 4 is 5.82 Å². The average molecular weight is 223 g/mol. The Balaban J connectivity index is 2.23. The van der Waals surface area contributed by atoms with Gasteiger partial charge in [-0.1, -0.05) is 20.8 Å². The van der Waals surface area contributed by atoms with Gasteiger partial charge in [0.2, 0.25) is 0 Å². The Labute approximate surface area is 95.7 Å². The summed E-state index contributed by atoms with van der Waals surface area (Å²) >= 11 is 0. The zero-order valence-electron chi connectivity index (χ0n) is 10.1. The summed E-state index contributed by atoms with van der Waals surface area (Å²) in [5.74, 6) is 0.799. The second kappa shape index (κ2) is 4.00. The molecule has 3 nitrogen and oxygen atoms in total. The van der Waals surface area contributed by atoms with Gasteiger partial charge in [-0.3, -0.25) is 4.98 Å². The maximum atomic E-state index is 13.1. The van der Waals surface area contributed by atoms with E-state index in [9.17, 15) is 4.39 Å². The number of anilines is 1. The molecule has 1 aliphatic heterocycles. The summed E-state index contributed by atoms with van der Waals surface area (Å²) in [4.78, 5) is 10.7. The van der Waals surface area contributed by atoms with Crippen LogP contribution in [0.4, 0.5) is 10.2 Å². The standard InChI is InChI=1S/C12H18FN3/c1-12(2,3)10-6-14-7-11(15-10)16-5-4-9(13)8-16/h6-7,9H,4-5,8H2,1-3H3. The molecule has 1 atom stereocenters. The molecule has 1 saturated heterocycles. The van der Waals surface area contributed by atoms with Gasteiger partial charge in [0, 0.05) is 18.2 Å². The minimum absolute atomic E-state index is 0.0160. The van der Waals surface area contributed by atoms with E-state index < -0.39 is 6.17 Å². The predicted octanol–water partition coefficient (Wildman–Crippen LogP) is 2.32. The van der Waals surface area contributed by atoms with Gasteiger partial charge < -0.3 is 4.90 Å². The molecule has 0 N–H and O–H groups in total. The molecule has 0 spiro atoms. The summed E-state index contributed by atoms with van der Waals surface area (Å²) < 4.78 is 13.1. The lowest BCUT2D eigenvalue weighted by Gasteiger charge is -2.21. The van der Waals surface area contributed by atoms with Gasteiger partial charge >= 0.3 is 0 Å². The van der Waals surface area contributed by atoms with Crippen molar-refractivity contribution in [3.05, 3.63) is 18.1 Å². The fourth-order valence-electron chi connectivity index (χ4n) is 1.80. The van der Waals surface area contributed by atoms with E-state index in [0.29, 0.717) is 13.0 Å². The summed E-state index contributed by atoms with van der Waals surface area (Å²) in [7, 11) is 0. The average Bonchev–Trinajstić information content (AvgIpc) is 2.64. The van der Waals surface area contributed by atoms with Crippen LogP contribution >= 0.6 is 0 Å². The third-order valence-electron chi connectivity index (χ3n) is 2.84. The van der Waals surface area contributed by atoms with Crippen LogP contribution in [0.25, 0.3) is 0 Å². The van der Waals surface area contributed by atoms with Crippen molar-refractivity contribution < 1.29 is 4.39 Å². The zero-order valence-corrected chi connectivity index (χ0v) is 10.1. The minimum Gasteiger partial charge on any atom is -0.352 e. The van der Waals surface area contributed by atoms with Crippen LogP contribution in [-0.2, 0) is 5.41 Å². The summed E-state index contributed by atoms with van der Waals surface area (Å²) in [6.45, 7) is 7.49. The second-order valence-corrected chi connectivity index (χ2v) is 5.34. The topological polar surface area (TPSA) is 29.0 Å². The maximum absolute atomic E-state index is 13.1. The second-order valence-electron chi connectivity index (χ2n) is 5.34.